The molecule has 0 saturated heterocycles. The average Bonchev–Trinajstić information content (AvgIpc) is 3.07. The smallest absolute Gasteiger partial charge is 0.0582 e. The van der Waals surface area contributed by atoms with Crippen LogP contribution < -0.4 is 0 Å². The molecule has 0 spiro atoms. The Balaban J connectivity index is 1.67. The Kier molecular flexibility index (Phi) is 6.14. The zero-order valence-corrected chi connectivity index (χ0v) is 22.7. The van der Waals surface area contributed by atoms with Gasteiger partial charge in [0.2, 0.25) is 0 Å². The van der Waals surface area contributed by atoms with E-state index in [9.17, 15) is 5.11 Å². The van der Waals surface area contributed by atoms with Crippen LogP contribution in [0.3, 0.4) is 0 Å². The second kappa shape index (κ2) is 8.00. The van der Waals surface area contributed by atoms with Crippen LogP contribution in [-0.4, -0.2) is 11.2 Å². The van der Waals surface area contributed by atoms with Crippen molar-refractivity contribution in [1.82, 2.24) is 0 Å². The van der Waals surface area contributed by atoms with Gasteiger partial charge in [-0.2, -0.15) is 0 Å². The van der Waals surface area contributed by atoms with Gasteiger partial charge in [-0.25, -0.2) is 0 Å². The highest BCUT2D eigenvalue weighted by molar-refractivity contribution is 5.22. The second-order valence-corrected chi connectivity index (χ2v) is 14.2. The van der Waals surface area contributed by atoms with Crippen molar-refractivity contribution >= 4 is 0 Å². The van der Waals surface area contributed by atoms with Gasteiger partial charge < -0.3 is 5.11 Å². The lowest BCUT2D eigenvalue weighted by molar-refractivity contribution is -0.233. The first kappa shape index (κ1) is 24.6. The van der Waals surface area contributed by atoms with Crippen LogP contribution in [0.15, 0.2) is 23.3 Å². The molecule has 0 heterocycles. The van der Waals surface area contributed by atoms with Crippen LogP contribution in [0, 0.1) is 51.2 Å². The number of allylic oxidation sites excluding steroid dienone is 4. The Morgan fingerprint density at radius 1 is 0.844 bits per heavy atom. The molecule has 0 aliphatic heterocycles. The van der Waals surface area contributed by atoms with Crippen LogP contribution in [0.1, 0.15) is 114 Å². The molecule has 182 valence electrons. The van der Waals surface area contributed by atoms with Crippen LogP contribution in [0.5, 0.6) is 0 Å². The van der Waals surface area contributed by atoms with Crippen LogP contribution in [0.25, 0.3) is 0 Å². The van der Waals surface area contributed by atoms with Gasteiger partial charge in [-0.15, -0.1) is 0 Å². The van der Waals surface area contributed by atoms with Crippen molar-refractivity contribution in [3.05, 3.63) is 23.3 Å². The Bertz CT molecular complexity index is 784. The van der Waals surface area contributed by atoms with Crippen molar-refractivity contribution in [2.24, 2.45) is 51.2 Å². The summed E-state index contributed by atoms with van der Waals surface area (Å²) in [5, 5.41) is 11.8. The molecule has 0 radical (unpaired) electrons. The lowest BCUT2D eigenvalue weighted by Gasteiger charge is -2.70. The summed E-state index contributed by atoms with van der Waals surface area (Å²) in [5.74, 6) is 3.26. The van der Waals surface area contributed by atoms with Gasteiger partial charge in [0.05, 0.1) is 6.10 Å². The number of hydrogen-bond acceptors (Lipinski definition) is 1. The summed E-state index contributed by atoms with van der Waals surface area (Å²) in [7, 11) is 0. The average molecular weight is 441 g/mol. The van der Waals surface area contributed by atoms with Gasteiger partial charge in [-0.05, 0) is 123 Å². The predicted octanol–water partition coefficient (Wildman–Crippen LogP) is 8.58. The van der Waals surface area contributed by atoms with E-state index < -0.39 is 0 Å². The highest BCUT2D eigenvalue weighted by atomic mass is 16.3. The molecule has 4 fully saturated rings. The van der Waals surface area contributed by atoms with Crippen molar-refractivity contribution in [2.45, 2.75) is 120 Å². The van der Waals surface area contributed by atoms with Crippen LogP contribution in [0.4, 0.5) is 0 Å². The first-order valence-corrected chi connectivity index (χ1v) is 13.8. The summed E-state index contributed by atoms with van der Waals surface area (Å²) in [5.41, 5.74) is 4.34. The van der Waals surface area contributed by atoms with Gasteiger partial charge in [0.1, 0.15) is 0 Å². The van der Waals surface area contributed by atoms with E-state index in [2.05, 4.69) is 74.5 Å². The summed E-state index contributed by atoms with van der Waals surface area (Å²) in [4.78, 5) is 0. The third-order valence-electron chi connectivity index (χ3n) is 12.5. The number of aliphatic hydroxyl groups is 1. The minimum absolute atomic E-state index is 0.143. The second-order valence-electron chi connectivity index (χ2n) is 14.2. The third kappa shape index (κ3) is 3.34. The number of fused-ring (bicyclic) bond motifs is 5. The van der Waals surface area contributed by atoms with Crippen molar-refractivity contribution in [3.63, 3.8) is 0 Å². The van der Waals surface area contributed by atoms with E-state index >= 15 is 0 Å². The lowest BCUT2D eigenvalue weighted by Crippen LogP contribution is -2.65. The molecule has 1 N–H and O–H groups in total. The van der Waals surface area contributed by atoms with Gasteiger partial charge in [0.25, 0.3) is 0 Å². The van der Waals surface area contributed by atoms with E-state index in [0.29, 0.717) is 34.0 Å². The molecule has 4 aliphatic rings. The molecule has 7 unspecified atom stereocenters. The van der Waals surface area contributed by atoms with Gasteiger partial charge in [0.15, 0.2) is 0 Å². The molecule has 4 aliphatic carbocycles. The number of hydrogen-bond donors (Lipinski definition) is 1. The molecule has 4 saturated carbocycles. The maximum Gasteiger partial charge on any atom is 0.0582 e. The van der Waals surface area contributed by atoms with Crippen molar-refractivity contribution < 1.29 is 5.11 Å². The van der Waals surface area contributed by atoms with Crippen molar-refractivity contribution in [1.29, 1.82) is 0 Å². The van der Waals surface area contributed by atoms with Crippen molar-refractivity contribution in [3.8, 4) is 0 Å². The zero-order chi connectivity index (χ0) is 23.7. The summed E-state index contributed by atoms with van der Waals surface area (Å²) in [6.07, 6.45) is 14.7. The monoisotopic (exact) mass is 440 g/mol. The van der Waals surface area contributed by atoms with E-state index in [-0.39, 0.29) is 11.5 Å². The van der Waals surface area contributed by atoms with E-state index in [4.69, 9.17) is 0 Å². The minimum Gasteiger partial charge on any atom is -0.393 e. The molecule has 1 nitrogen and oxygen atoms in total. The Morgan fingerprint density at radius 2 is 1.50 bits per heavy atom. The maximum atomic E-state index is 11.8. The highest BCUT2D eigenvalue weighted by Gasteiger charge is 2.69. The third-order valence-corrected chi connectivity index (χ3v) is 12.5. The van der Waals surface area contributed by atoms with Crippen molar-refractivity contribution in [2.75, 3.05) is 0 Å². The highest BCUT2D eigenvalue weighted by Crippen LogP contribution is 2.75. The van der Waals surface area contributed by atoms with Gasteiger partial charge in [-0.3, -0.25) is 0 Å². The zero-order valence-electron chi connectivity index (χ0n) is 22.7. The molecule has 0 aromatic rings. The standard InChI is InChI=1S/C31H52O/c1-20(2)11-10-12-21(3)23-14-17-31(9)27(23)24(32)19-26-29(7)16-13-22(4)28(5,6)25(29)15-18-30(26,31)8/h11-12,22-27,32H,10,13-19H2,1-9H3/b21-12-/t22?,23?,24?,25?,26?,27?,29-,30?,31+/m0/s1. The molecular weight excluding hydrogens is 388 g/mol. The van der Waals surface area contributed by atoms with Gasteiger partial charge >= 0.3 is 0 Å². The Hall–Kier alpha value is -0.560. The molecule has 32 heavy (non-hydrogen) atoms. The molecule has 0 aromatic carbocycles. The van der Waals surface area contributed by atoms with E-state index in [1.165, 1.54) is 49.7 Å². The van der Waals surface area contributed by atoms with E-state index in [0.717, 1.165) is 24.7 Å². The van der Waals surface area contributed by atoms with Gasteiger partial charge in [0, 0.05) is 0 Å². The topological polar surface area (TPSA) is 20.2 Å². The Labute approximate surface area is 199 Å². The minimum atomic E-state index is -0.143. The molecule has 0 bridgehead atoms. The van der Waals surface area contributed by atoms with Gasteiger partial charge in [-0.1, -0.05) is 64.8 Å². The fourth-order valence-electron chi connectivity index (χ4n) is 10.1. The molecule has 9 atom stereocenters. The SMILES string of the molecule is CC(C)=CC/C=C(/C)C1CC[C@]2(C)C1C(O)CC1C2(C)CCC2C(C)(C)C(C)CC[C@@]21C. The molecule has 0 aromatic heterocycles. The van der Waals surface area contributed by atoms with E-state index in [1.54, 1.807) is 0 Å². The summed E-state index contributed by atoms with van der Waals surface area (Å²) in [6, 6.07) is 0. The molecule has 4 rings (SSSR count). The van der Waals surface area contributed by atoms with E-state index in [1.807, 2.05) is 0 Å². The Morgan fingerprint density at radius 3 is 2.16 bits per heavy atom. The maximum absolute atomic E-state index is 11.8. The normalized spacial score (nSPS) is 50.2. The summed E-state index contributed by atoms with van der Waals surface area (Å²) in [6.45, 7) is 22.2. The lowest BCUT2D eigenvalue weighted by atomic mass is 9.34. The fraction of sp³-hybridized carbons (Fsp3) is 0.871. The quantitative estimate of drug-likeness (QED) is 0.436. The first-order valence-electron chi connectivity index (χ1n) is 13.8. The molecular formula is C31H52O. The first-order chi connectivity index (χ1) is 14.8. The largest absolute Gasteiger partial charge is 0.393 e. The summed E-state index contributed by atoms with van der Waals surface area (Å²) >= 11 is 0. The predicted molar refractivity (Wildman–Crippen MR) is 137 cm³/mol. The fourth-order valence-corrected chi connectivity index (χ4v) is 10.1. The van der Waals surface area contributed by atoms with Crippen LogP contribution in [0.2, 0.25) is 0 Å². The van der Waals surface area contributed by atoms with Crippen LogP contribution >= 0.6 is 0 Å². The summed E-state index contributed by atoms with van der Waals surface area (Å²) < 4.78 is 0. The number of aliphatic hydroxyl groups excluding tert-OH is 1. The molecule has 1 heteroatoms. The van der Waals surface area contributed by atoms with Crippen LogP contribution in [-0.2, 0) is 0 Å². The number of rotatable bonds is 3. The molecule has 0 amide bonds.